The zero-order valence-electron chi connectivity index (χ0n) is 10.2. The summed E-state index contributed by atoms with van der Waals surface area (Å²) in [5.41, 5.74) is 0.953. The quantitative estimate of drug-likeness (QED) is 0.735. The number of aliphatic hydroxyl groups is 1. The highest BCUT2D eigenvalue weighted by Gasteiger charge is 2.09. The molecule has 0 spiro atoms. The third kappa shape index (κ3) is 3.12. The van der Waals surface area contributed by atoms with Crippen LogP contribution in [0.3, 0.4) is 0 Å². The lowest BCUT2D eigenvalue weighted by Gasteiger charge is -2.06. The van der Waals surface area contributed by atoms with Crippen LogP contribution in [0.2, 0.25) is 0 Å². The van der Waals surface area contributed by atoms with Gasteiger partial charge in [0.05, 0.1) is 24.3 Å². The molecule has 0 radical (unpaired) electrons. The van der Waals surface area contributed by atoms with Crippen LogP contribution in [0.25, 0.3) is 10.2 Å². The number of rotatable bonds is 7. The SMILES string of the molecule is Cc1nsc2ncnc(NCCCOCCO)c12. The van der Waals surface area contributed by atoms with Crippen LogP contribution in [-0.4, -0.2) is 45.8 Å². The van der Waals surface area contributed by atoms with E-state index in [0.29, 0.717) is 13.2 Å². The van der Waals surface area contributed by atoms with Crippen molar-refractivity contribution in [1.82, 2.24) is 14.3 Å². The summed E-state index contributed by atoms with van der Waals surface area (Å²) < 4.78 is 9.46. The Labute approximate surface area is 109 Å². The van der Waals surface area contributed by atoms with Gasteiger partial charge in [0.2, 0.25) is 0 Å². The molecule has 0 saturated carbocycles. The molecule has 98 valence electrons. The molecule has 18 heavy (non-hydrogen) atoms. The number of nitrogens with zero attached hydrogens (tertiary/aromatic N) is 3. The Morgan fingerprint density at radius 3 is 3.11 bits per heavy atom. The molecule has 0 saturated heterocycles. The molecule has 0 atom stereocenters. The molecule has 0 amide bonds. The Morgan fingerprint density at radius 2 is 2.28 bits per heavy atom. The lowest BCUT2D eigenvalue weighted by molar-refractivity contribution is 0.0922. The summed E-state index contributed by atoms with van der Waals surface area (Å²) in [4.78, 5) is 9.33. The first-order valence-corrected chi connectivity index (χ1v) is 6.59. The fourth-order valence-electron chi connectivity index (χ4n) is 1.60. The van der Waals surface area contributed by atoms with E-state index in [4.69, 9.17) is 9.84 Å². The summed E-state index contributed by atoms with van der Waals surface area (Å²) in [6.07, 6.45) is 2.41. The molecule has 2 rings (SSSR count). The minimum absolute atomic E-state index is 0.0692. The van der Waals surface area contributed by atoms with Crippen LogP contribution in [0.15, 0.2) is 6.33 Å². The maximum atomic E-state index is 8.56. The van der Waals surface area contributed by atoms with Gasteiger partial charge in [-0.2, -0.15) is 4.37 Å². The van der Waals surface area contributed by atoms with Crippen LogP contribution in [-0.2, 0) is 4.74 Å². The molecule has 0 fully saturated rings. The van der Waals surface area contributed by atoms with Crippen molar-refractivity contribution in [1.29, 1.82) is 0 Å². The highest BCUT2D eigenvalue weighted by molar-refractivity contribution is 7.13. The molecule has 2 aromatic heterocycles. The standard InChI is InChI=1S/C11H16N4O2S/c1-8-9-10(12-3-2-5-17-6-4-16)13-7-14-11(9)18-15-8/h7,16H,2-6H2,1H3,(H,12,13,14). The zero-order chi connectivity index (χ0) is 12.8. The second-order valence-electron chi connectivity index (χ2n) is 3.79. The molecule has 0 bridgehead atoms. The highest BCUT2D eigenvalue weighted by Crippen LogP contribution is 2.25. The Morgan fingerprint density at radius 1 is 1.39 bits per heavy atom. The average molecular weight is 268 g/mol. The maximum absolute atomic E-state index is 8.56. The Kier molecular flexibility index (Phi) is 4.80. The van der Waals surface area contributed by atoms with Gasteiger partial charge < -0.3 is 15.2 Å². The molecule has 0 aliphatic rings. The number of aliphatic hydroxyl groups excluding tert-OH is 1. The van der Waals surface area contributed by atoms with Gasteiger partial charge in [-0.25, -0.2) is 9.97 Å². The number of hydrogen-bond donors (Lipinski definition) is 2. The van der Waals surface area contributed by atoms with E-state index < -0.39 is 0 Å². The van der Waals surface area contributed by atoms with E-state index >= 15 is 0 Å². The molecule has 0 aromatic carbocycles. The maximum Gasteiger partial charge on any atom is 0.149 e. The van der Waals surface area contributed by atoms with Gasteiger partial charge in [-0.05, 0) is 24.9 Å². The van der Waals surface area contributed by atoms with E-state index in [9.17, 15) is 0 Å². The second-order valence-corrected chi connectivity index (χ2v) is 4.54. The molecular weight excluding hydrogens is 252 g/mol. The summed E-state index contributed by atoms with van der Waals surface area (Å²) in [7, 11) is 0. The Hall–Kier alpha value is -1.31. The Balaban J connectivity index is 1.89. The van der Waals surface area contributed by atoms with Gasteiger partial charge in [-0.15, -0.1) is 0 Å². The monoisotopic (exact) mass is 268 g/mol. The third-order valence-electron chi connectivity index (χ3n) is 2.44. The van der Waals surface area contributed by atoms with E-state index in [0.717, 1.165) is 34.7 Å². The minimum atomic E-state index is 0.0692. The van der Waals surface area contributed by atoms with Gasteiger partial charge >= 0.3 is 0 Å². The van der Waals surface area contributed by atoms with Crippen molar-refractivity contribution < 1.29 is 9.84 Å². The third-order valence-corrected chi connectivity index (χ3v) is 3.28. The molecule has 0 aliphatic carbocycles. The number of nitrogens with one attached hydrogen (secondary N) is 1. The van der Waals surface area contributed by atoms with Crippen molar-refractivity contribution in [2.75, 3.05) is 31.7 Å². The molecule has 2 N–H and O–H groups in total. The lowest BCUT2D eigenvalue weighted by atomic mass is 10.3. The van der Waals surface area contributed by atoms with Gasteiger partial charge in [0.1, 0.15) is 17.0 Å². The van der Waals surface area contributed by atoms with Gasteiger partial charge in [0, 0.05) is 13.2 Å². The lowest BCUT2D eigenvalue weighted by Crippen LogP contribution is -2.08. The zero-order valence-corrected chi connectivity index (χ0v) is 11.0. The van der Waals surface area contributed by atoms with Gasteiger partial charge in [0.15, 0.2) is 0 Å². The van der Waals surface area contributed by atoms with Crippen LogP contribution in [0, 0.1) is 6.92 Å². The van der Waals surface area contributed by atoms with Crippen molar-refractivity contribution in [3.8, 4) is 0 Å². The number of hydrogen-bond acceptors (Lipinski definition) is 7. The van der Waals surface area contributed by atoms with Crippen molar-refractivity contribution >= 4 is 27.6 Å². The van der Waals surface area contributed by atoms with Crippen molar-refractivity contribution in [2.24, 2.45) is 0 Å². The number of anilines is 1. The van der Waals surface area contributed by atoms with Crippen LogP contribution >= 0.6 is 11.5 Å². The average Bonchev–Trinajstić information content (AvgIpc) is 2.76. The summed E-state index contributed by atoms with van der Waals surface area (Å²) in [6.45, 7) is 3.82. The number of ether oxygens (including phenoxy) is 1. The van der Waals surface area contributed by atoms with E-state index in [1.165, 1.54) is 11.5 Å². The van der Waals surface area contributed by atoms with Crippen LogP contribution < -0.4 is 5.32 Å². The first kappa shape index (κ1) is 13.1. The second kappa shape index (κ2) is 6.58. The first-order chi connectivity index (χ1) is 8.83. The highest BCUT2D eigenvalue weighted by atomic mass is 32.1. The number of aromatic nitrogens is 3. The smallest absolute Gasteiger partial charge is 0.149 e. The molecular formula is C11H16N4O2S. The van der Waals surface area contributed by atoms with E-state index in [-0.39, 0.29) is 6.61 Å². The summed E-state index contributed by atoms with van der Waals surface area (Å²) in [5, 5.41) is 12.8. The first-order valence-electron chi connectivity index (χ1n) is 5.82. The van der Waals surface area contributed by atoms with Crippen LogP contribution in [0.1, 0.15) is 12.1 Å². The number of aryl methyl sites for hydroxylation is 1. The van der Waals surface area contributed by atoms with E-state index in [2.05, 4.69) is 19.7 Å². The minimum Gasteiger partial charge on any atom is -0.394 e. The summed E-state index contributed by atoms with van der Waals surface area (Å²) in [6, 6.07) is 0. The fourth-order valence-corrected chi connectivity index (χ4v) is 2.35. The predicted octanol–water partition coefficient (Wildman–Crippen LogP) is 1.21. The van der Waals surface area contributed by atoms with Crippen LogP contribution in [0.5, 0.6) is 0 Å². The molecule has 2 heterocycles. The van der Waals surface area contributed by atoms with E-state index in [1.54, 1.807) is 6.33 Å². The summed E-state index contributed by atoms with van der Waals surface area (Å²) >= 11 is 1.38. The van der Waals surface area contributed by atoms with Gasteiger partial charge in [0.25, 0.3) is 0 Å². The molecule has 2 aromatic rings. The van der Waals surface area contributed by atoms with Gasteiger partial charge in [-0.3, -0.25) is 0 Å². The van der Waals surface area contributed by atoms with Crippen LogP contribution in [0.4, 0.5) is 5.82 Å². The fraction of sp³-hybridized carbons (Fsp3) is 0.545. The normalized spacial score (nSPS) is 11.0. The molecule has 6 nitrogen and oxygen atoms in total. The Bertz CT molecular complexity index is 503. The van der Waals surface area contributed by atoms with E-state index in [1.807, 2.05) is 6.92 Å². The molecule has 7 heteroatoms. The van der Waals surface area contributed by atoms with Crippen molar-refractivity contribution in [2.45, 2.75) is 13.3 Å². The predicted molar refractivity (Wildman–Crippen MR) is 71.0 cm³/mol. The largest absolute Gasteiger partial charge is 0.394 e. The number of fused-ring (bicyclic) bond motifs is 1. The van der Waals surface area contributed by atoms with Gasteiger partial charge in [-0.1, -0.05) is 0 Å². The topological polar surface area (TPSA) is 80.2 Å². The van der Waals surface area contributed by atoms with Crippen molar-refractivity contribution in [3.63, 3.8) is 0 Å². The van der Waals surface area contributed by atoms with Crippen molar-refractivity contribution in [3.05, 3.63) is 12.0 Å². The molecule has 0 aliphatic heterocycles. The summed E-state index contributed by atoms with van der Waals surface area (Å²) in [5.74, 6) is 0.827. The molecule has 0 unspecified atom stereocenters.